The van der Waals surface area contributed by atoms with Crippen LogP contribution in [0.2, 0.25) is 0 Å². The minimum absolute atomic E-state index is 0.175. The second kappa shape index (κ2) is 6.31. The summed E-state index contributed by atoms with van der Waals surface area (Å²) in [5.41, 5.74) is 4.02. The Morgan fingerprint density at radius 2 is 2.00 bits per heavy atom. The molecule has 0 saturated carbocycles. The zero-order valence-electron chi connectivity index (χ0n) is 12.8. The van der Waals surface area contributed by atoms with Gasteiger partial charge in [0, 0.05) is 6.42 Å². The van der Waals surface area contributed by atoms with E-state index in [1.165, 1.54) is 16.7 Å². The van der Waals surface area contributed by atoms with Gasteiger partial charge in [-0.2, -0.15) is 0 Å². The minimum atomic E-state index is 0.175. The van der Waals surface area contributed by atoms with Crippen molar-refractivity contribution in [1.29, 1.82) is 0 Å². The Morgan fingerprint density at radius 3 is 2.76 bits per heavy atom. The van der Waals surface area contributed by atoms with Gasteiger partial charge in [-0.3, -0.25) is 0 Å². The number of rotatable bonds is 5. The van der Waals surface area contributed by atoms with E-state index >= 15 is 0 Å². The molecule has 2 nitrogen and oxygen atoms in total. The summed E-state index contributed by atoms with van der Waals surface area (Å²) in [6.45, 7) is 5.29. The molecule has 0 radical (unpaired) electrons. The number of hydrogen-bond donors (Lipinski definition) is 1. The van der Waals surface area contributed by atoms with Crippen LogP contribution in [0.1, 0.15) is 36.6 Å². The number of nitrogens with one attached hydrogen (secondary N) is 1. The van der Waals surface area contributed by atoms with E-state index in [0.717, 1.165) is 25.1 Å². The van der Waals surface area contributed by atoms with Crippen molar-refractivity contribution in [1.82, 2.24) is 5.32 Å². The fraction of sp³-hybridized carbons (Fsp3) is 0.368. The summed E-state index contributed by atoms with van der Waals surface area (Å²) in [5, 5.41) is 3.60. The highest BCUT2D eigenvalue weighted by molar-refractivity contribution is 5.39. The highest BCUT2D eigenvalue weighted by Crippen LogP contribution is 2.34. The van der Waals surface area contributed by atoms with E-state index in [0.29, 0.717) is 0 Å². The van der Waals surface area contributed by atoms with Gasteiger partial charge in [-0.1, -0.05) is 56.3 Å². The van der Waals surface area contributed by atoms with Gasteiger partial charge in [0.25, 0.3) is 0 Å². The van der Waals surface area contributed by atoms with Crippen LogP contribution < -0.4 is 10.1 Å². The SMILES string of the molecule is CCNC(c1cccc(CC)c1)C1Cc2ccccc2O1. The molecule has 110 valence electrons. The van der Waals surface area contributed by atoms with Crippen molar-refractivity contribution < 1.29 is 4.74 Å². The molecule has 0 aromatic heterocycles. The van der Waals surface area contributed by atoms with Gasteiger partial charge in [0.05, 0.1) is 6.04 Å². The molecule has 0 fully saturated rings. The van der Waals surface area contributed by atoms with E-state index in [9.17, 15) is 0 Å². The summed E-state index contributed by atoms with van der Waals surface area (Å²) in [6.07, 6.45) is 2.22. The predicted octanol–water partition coefficient (Wildman–Crippen LogP) is 3.90. The van der Waals surface area contributed by atoms with Crippen LogP contribution in [0.5, 0.6) is 5.75 Å². The quantitative estimate of drug-likeness (QED) is 0.897. The highest BCUT2D eigenvalue weighted by atomic mass is 16.5. The molecule has 2 aromatic rings. The van der Waals surface area contributed by atoms with Crippen molar-refractivity contribution in [2.24, 2.45) is 0 Å². The van der Waals surface area contributed by atoms with Crippen molar-refractivity contribution in [2.75, 3.05) is 6.54 Å². The largest absolute Gasteiger partial charge is 0.488 e. The lowest BCUT2D eigenvalue weighted by Gasteiger charge is -2.25. The van der Waals surface area contributed by atoms with Gasteiger partial charge >= 0.3 is 0 Å². The fourth-order valence-corrected chi connectivity index (χ4v) is 3.09. The van der Waals surface area contributed by atoms with Crippen molar-refractivity contribution >= 4 is 0 Å². The molecule has 1 heterocycles. The van der Waals surface area contributed by atoms with Gasteiger partial charge in [-0.05, 0) is 35.7 Å². The summed E-state index contributed by atoms with van der Waals surface area (Å²) in [7, 11) is 0. The van der Waals surface area contributed by atoms with Gasteiger partial charge in [-0.15, -0.1) is 0 Å². The molecule has 0 amide bonds. The molecule has 0 aliphatic carbocycles. The summed E-state index contributed by atoms with van der Waals surface area (Å²) in [4.78, 5) is 0. The maximum absolute atomic E-state index is 6.19. The number of aryl methyl sites for hydroxylation is 1. The third-order valence-corrected chi connectivity index (χ3v) is 4.19. The number of ether oxygens (including phenoxy) is 1. The number of fused-ring (bicyclic) bond motifs is 1. The average molecular weight is 281 g/mol. The maximum Gasteiger partial charge on any atom is 0.123 e. The molecule has 1 aliphatic rings. The second-order valence-corrected chi connectivity index (χ2v) is 5.60. The van der Waals surface area contributed by atoms with E-state index in [2.05, 4.69) is 61.6 Å². The average Bonchev–Trinajstić information content (AvgIpc) is 2.96. The molecule has 21 heavy (non-hydrogen) atoms. The molecule has 2 heteroatoms. The first-order valence-corrected chi connectivity index (χ1v) is 7.88. The zero-order chi connectivity index (χ0) is 14.7. The molecule has 3 rings (SSSR count). The van der Waals surface area contributed by atoms with Crippen LogP contribution in [-0.2, 0) is 12.8 Å². The number of hydrogen-bond acceptors (Lipinski definition) is 2. The van der Waals surface area contributed by atoms with Crippen LogP contribution in [-0.4, -0.2) is 12.6 Å². The van der Waals surface area contributed by atoms with Gasteiger partial charge < -0.3 is 10.1 Å². The number of likely N-dealkylation sites (N-methyl/N-ethyl adjacent to an activating group) is 1. The normalized spacial score (nSPS) is 18.1. The van der Waals surface area contributed by atoms with E-state index < -0.39 is 0 Å². The summed E-state index contributed by atoms with van der Waals surface area (Å²) >= 11 is 0. The molecule has 1 aliphatic heterocycles. The monoisotopic (exact) mass is 281 g/mol. The van der Waals surface area contributed by atoms with Crippen LogP contribution in [0.3, 0.4) is 0 Å². The second-order valence-electron chi connectivity index (χ2n) is 5.60. The molecule has 2 unspecified atom stereocenters. The standard InChI is InChI=1S/C19H23NO/c1-3-14-8-7-10-16(12-14)19(20-4-2)18-13-15-9-5-6-11-17(15)21-18/h5-12,18-20H,3-4,13H2,1-2H3. The summed E-state index contributed by atoms with van der Waals surface area (Å²) in [6, 6.07) is 17.5. The third-order valence-electron chi connectivity index (χ3n) is 4.19. The van der Waals surface area contributed by atoms with E-state index in [-0.39, 0.29) is 12.1 Å². The van der Waals surface area contributed by atoms with Crippen LogP contribution in [0.15, 0.2) is 48.5 Å². The first kappa shape index (κ1) is 14.2. The number of benzene rings is 2. The molecule has 0 bridgehead atoms. The number of para-hydroxylation sites is 1. The van der Waals surface area contributed by atoms with Gasteiger partial charge in [0.2, 0.25) is 0 Å². The topological polar surface area (TPSA) is 21.3 Å². The predicted molar refractivity (Wildman–Crippen MR) is 86.8 cm³/mol. The molecule has 0 saturated heterocycles. The third kappa shape index (κ3) is 2.96. The zero-order valence-corrected chi connectivity index (χ0v) is 12.8. The molecule has 2 aromatic carbocycles. The highest BCUT2D eigenvalue weighted by Gasteiger charge is 2.30. The first-order chi connectivity index (χ1) is 10.3. The lowest BCUT2D eigenvalue weighted by molar-refractivity contribution is 0.179. The van der Waals surface area contributed by atoms with Crippen molar-refractivity contribution in [3.8, 4) is 5.75 Å². The smallest absolute Gasteiger partial charge is 0.123 e. The Morgan fingerprint density at radius 1 is 1.14 bits per heavy atom. The Balaban J connectivity index is 1.85. The molecule has 0 spiro atoms. The fourth-order valence-electron chi connectivity index (χ4n) is 3.09. The van der Waals surface area contributed by atoms with Crippen LogP contribution in [0.25, 0.3) is 0 Å². The lowest BCUT2D eigenvalue weighted by Crippen LogP contribution is -2.34. The molecule has 1 N–H and O–H groups in total. The van der Waals surface area contributed by atoms with Crippen molar-refractivity contribution in [3.05, 3.63) is 65.2 Å². The van der Waals surface area contributed by atoms with Crippen LogP contribution in [0, 0.1) is 0 Å². The van der Waals surface area contributed by atoms with Gasteiger partial charge in [-0.25, -0.2) is 0 Å². The van der Waals surface area contributed by atoms with Gasteiger partial charge in [0.1, 0.15) is 11.9 Å². The lowest BCUT2D eigenvalue weighted by atomic mass is 9.96. The first-order valence-electron chi connectivity index (χ1n) is 7.88. The maximum atomic E-state index is 6.19. The summed E-state index contributed by atoms with van der Waals surface area (Å²) in [5.74, 6) is 1.04. The van der Waals surface area contributed by atoms with Crippen LogP contribution in [0.4, 0.5) is 0 Å². The molecular weight excluding hydrogens is 258 g/mol. The summed E-state index contributed by atoms with van der Waals surface area (Å²) < 4.78 is 6.19. The molecular formula is C19H23NO. The van der Waals surface area contributed by atoms with Gasteiger partial charge in [0.15, 0.2) is 0 Å². The van der Waals surface area contributed by atoms with Crippen LogP contribution >= 0.6 is 0 Å². The minimum Gasteiger partial charge on any atom is -0.488 e. The Bertz CT molecular complexity index is 583. The molecule has 2 atom stereocenters. The van der Waals surface area contributed by atoms with Crippen molar-refractivity contribution in [2.45, 2.75) is 38.8 Å². The van der Waals surface area contributed by atoms with Crippen molar-refractivity contribution in [3.63, 3.8) is 0 Å². The Labute approximate surface area is 127 Å². The Hall–Kier alpha value is -1.80. The van der Waals surface area contributed by atoms with E-state index in [4.69, 9.17) is 4.74 Å². The Kier molecular flexibility index (Phi) is 4.26. The van der Waals surface area contributed by atoms with E-state index in [1.807, 2.05) is 6.07 Å². The van der Waals surface area contributed by atoms with E-state index in [1.54, 1.807) is 0 Å².